The van der Waals surface area contributed by atoms with Crippen molar-refractivity contribution in [1.29, 1.82) is 0 Å². The quantitative estimate of drug-likeness (QED) is 0.636. The van der Waals surface area contributed by atoms with Gasteiger partial charge in [-0.25, -0.2) is 4.39 Å². The SMILES string of the molecule is Cc1nc2ccc(F)cc2cc1C(=O)Nc1ccc(I)cc1. The third kappa shape index (κ3) is 3.09. The van der Waals surface area contributed by atoms with Crippen LogP contribution in [0.3, 0.4) is 0 Å². The lowest BCUT2D eigenvalue weighted by Gasteiger charge is -2.09. The van der Waals surface area contributed by atoms with Crippen LogP contribution in [0, 0.1) is 16.3 Å². The van der Waals surface area contributed by atoms with Gasteiger partial charge in [-0.05, 0) is 78.0 Å². The number of nitrogens with one attached hydrogen (secondary N) is 1. The lowest BCUT2D eigenvalue weighted by Crippen LogP contribution is -2.14. The van der Waals surface area contributed by atoms with Gasteiger partial charge < -0.3 is 5.32 Å². The molecule has 3 nitrogen and oxygen atoms in total. The van der Waals surface area contributed by atoms with Gasteiger partial charge in [-0.2, -0.15) is 0 Å². The monoisotopic (exact) mass is 406 g/mol. The fourth-order valence-electron chi connectivity index (χ4n) is 2.21. The number of carbonyl (C=O) groups excluding carboxylic acids is 1. The number of pyridine rings is 1. The van der Waals surface area contributed by atoms with Gasteiger partial charge in [-0.3, -0.25) is 9.78 Å². The van der Waals surface area contributed by atoms with Crippen LogP contribution in [0.1, 0.15) is 16.1 Å². The molecule has 0 saturated carbocycles. The first-order valence-corrected chi connectivity index (χ1v) is 7.74. The fraction of sp³-hybridized carbons (Fsp3) is 0.0588. The van der Waals surface area contributed by atoms with Crippen molar-refractivity contribution in [2.75, 3.05) is 5.32 Å². The number of carbonyl (C=O) groups is 1. The molecule has 2 aromatic carbocycles. The van der Waals surface area contributed by atoms with Gasteiger partial charge in [0.2, 0.25) is 0 Å². The molecule has 1 aromatic heterocycles. The maximum Gasteiger partial charge on any atom is 0.257 e. The van der Waals surface area contributed by atoms with E-state index in [1.54, 1.807) is 19.1 Å². The summed E-state index contributed by atoms with van der Waals surface area (Å²) < 4.78 is 14.4. The van der Waals surface area contributed by atoms with Gasteiger partial charge in [0.15, 0.2) is 0 Å². The first-order chi connectivity index (χ1) is 10.5. The van der Waals surface area contributed by atoms with Gasteiger partial charge >= 0.3 is 0 Å². The van der Waals surface area contributed by atoms with Crippen LogP contribution in [-0.4, -0.2) is 10.9 Å². The maximum atomic E-state index is 13.3. The highest BCUT2D eigenvalue weighted by Gasteiger charge is 2.12. The predicted octanol–water partition coefficient (Wildman–Crippen LogP) is 4.54. The number of hydrogen-bond acceptors (Lipinski definition) is 2. The topological polar surface area (TPSA) is 42.0 Å². The summed E-state index contributed by atoms with van der Waals surface area (Å²) in [5, 5.41) is 3.44. The number of amides is 1. The number of aromatic nitrogens is 1. The van der Waals surface area contributed by atoms with E-state index >= 15 is 0 Å². The van der Waals surface area contributed by atoms with Crippen molar-refractivity contribution >= 4 is 45.1 Å². The number of hydrogen-bond donors (Lipinski definition) is 1. The van der Waals surface area contributed by atoms with Crippen LogP contribution in [0.2, 0.25) is 0 Å². The summed E-state index contributed by atoms with van der Waals surface area (Å²) in [6.45, 7) is 1.77. The molecule has 0 spiro atoms. The van der Waals surface area contributed by atoms with Crippen molar-refractivity contribution in [3.8, 4) is 0 Å². The van der Waals surface area contributed by atoms with Gasteiger partial charge in [0.25, 0.3) is 5.91 Å². The largest absolute Gasteiger partial charge is 0.322 e. The van der Waals surface area contributed by atoms with E-state index in [9.17, 15) is 9.18 Å². The average Bonchev–Trinajstić information content (AvgIpc) is 2.49. The smallest absolute Gasteiger partial charge is 0.257 e. The average molecular weight is 406 g/mol. The van der Waals surface area contributed by atoms with Crippen LogP contribution in [0.5, 0.6) is 0 Å². The Bertz CT molecular complexity index is 862. The molecule has 3 aromatic rings. The van der Waals surface area contributed by atoms with Gasteiger partial charge in [0, 0.05) is 14.6 Å². The molecule has 5 heteroatoms. The number of nitrogens with zero attached hydrogens (tertiary/aromatic N) is 1. The second-order valence-electron chi connectivity index (χ2n) is 4.92. The minimum Gasteiger partial charge on any atom is -0.322 e. The van der Waals surface area contributed by atoms with E-state index in [2.05, 4.69) is 32.9 Å². The van der Waals surface area contributed by atoms with E-state index < -0.39 is 0 Å². The lowest BCUT2D eigenvalue weighted by atomic mass is 10.1. The predicted molar refractivity (Wildman–Crippen MR) is 93.6 cm³/mol. The van der Waals surface area contributed by atoms with E-state index in [4.69, 9.17) is 0 Å². The fourth-order valence-corrected chi connectivity index (χ4v) is 2.56. The Morgan fingerprint density at radius 3 is 2.59 bits per heavy atom. The highest BCUT2D eigenvalue weighted by Crippen LogP contribution is 2.19. The first kappa shape index (κ1) is 14.9. The molecule has 1 amide bonds. The normalized spacial score (nSPS) is 10.7. The first-order valence-electron chi connectivity index (χ1n) is 6.67. The van der Waals surface area contributed by atoms with E-state index in [-0.39, 0.29) is 11.7 Å². The Kier molecular flexibility index (Phi) is 4.06. The van der Waals surface area contributed by atoms with Crippen LogP contribution in [0.15, 0.2) is 48.5 Å². The molecule has 0 aliphatic heterocycles. The molecule has 0 unspecified atom stereocenters. The Hall–Kier alpha value is -2.02. The molecule has 3 rings (SSSR count). The third-order valence-corrected chi connectivity index (χ3v) is 4.03. The van der Waals surface area contributed by atoms with Crippen molar-refractivity contribution in [1.82, 2.24) is 4.98 Å². The minimum atomic E-state index is -0.345. The van der Waals surface area contributed by atoms with E-state index in [1.807, 2.05) is 24.3 Å². The Morgan fingerprint density at radius 1 is 1.14 bits per heavy atom. The molecule has 0 bridgehead atoms. The second kappa shape index (κ2) is 6.00. The van der Waals surface area contributed by atoms with E-state index in [0.29, 0.717) is 27.8 Å². The summed E-state index contributed by atoms with van der Waals surface area (Å²) in [5.74, 6) is -0.598. The lowest BCUT2D eigenvalue weighted by molar-refractivity contribution is 0.102. The van der Waals surface area contributed by atoms with Crippen LogP contribution in [-0.2, 0) is 0 Å². The molecule has 0 aliphatic carbocycles. The summed E-state index contributed by atoms with van der Waals surface area (Å²) in [6.07, 6.45) is 0. The van der Waals surface area contributed by atoms with E-state index in [0.717, 1.165) is 3.57 Å². The number of benzene rings is 2. The molecule has 0 radical (unpaired) electrons. The van der Waals surface area contributed by atoms with Crippen molar-refractivity contribution in [3.05, 3.63) is 69.2 Å². The Morgan fingerprint density at radius 2 is 1.86 bits per heavy atom. The summed E-state index contributed by atoms with van der Waals surface area (Å²) in [5.41, 5.74) is 2.44. The Balaban J connectivity index is 1.96. The number of rotatable bonds is 2. The minimum absolute atomic E-state index is 0.252. The molecular formula is C17H12FIN2O. The van der Waals surface area contributed by atoms with Crippen LogP contribution in [0.4, 0.5) is 10.1 Å². The molecule has 0 saturated heterocycles. The zero-order chi connectivity index (χ0) is 15.7. The zero-order valence-electron chi connectivity index (χ0n) is 11.7. The molecule has 0 atom stereocenters. The third-order valence-electron chi connectivity index (χ3n) is 3.31. The summed E-state index contributed by atoms with van der Waals surface area (Å²) in [7, 11) is 0. The van der Waals surface area contributed by atoms with Gasteiger partial charge in [0.05, 0.1) is 16.8 Å². The van der Waals surface area contributed by atoms with Crippen LogP contribution >= 0.6 is 22.6 Å². The number of halogens is 2. The van der Waals surface area contributed by atoms with Crippen molar-refractivity contribution in [3.63, 3.8) is 0 Å². The molecule has 0 fully saturated rings. The molecular weight excluding hydrogens is 394 g/mol. The molecule has 110 valence electrons. The van der Waals surface area contributed by atoms with Crippen LogP contribution < -0.4 is 5.32 Å². The number of aryl methyl sites for hydroxylation is 1. The number of fused-ring (bicyclic) bond motifs is 1. The molecule has 0 aliphatic rings. The second-order valence-corrected chi connectivity index (χ2v) is 6.17. The summed E-state index contributed by atoms with van der Waals surface area (Å²) in [6, 6.07) is 13.5. The maximum absolute atomic E-state index is 13.3. The summed E-state index contributed by atoms with van der Waals surface area (Å²) >= 11 is 2.20. The van der Waals surface area contributed by atoms with Crippen molar-refractivity contribution in [2.45, 2.75) is 6.92 Å². The molecule has 1 heterocycles. The van der Waals surface area contributed by atoms with Gasteiger partial charge in [-0.1, -0.05) is 0 Å². The van der Waals surface area contributed by atoms with Crippen molar-refractivity contribution < 1.29 is 9.18 Å². The van der Waals surface area contributed by atoms with E-state index in [1.165, 1.54) is 12.1 Å². The summed E-state index contributed by atoms with van der Waals surface area (Å²) in [4.78, 5) is 16.8. The Labute approximate surface area is 140 Å². The zero-order valence-corrected chi connectivity index (χ0v) is 13.9. The molecule has 22 heavy (non-hydrogen) atoms. The van der Waals surface area contributed by atoms with Crippen LogP contribution in [0.25, 0.3) is 10.9 Å². The highest BCUT2D eigenvalue weighted by molar-refractivity contribution is 14.1. The number of anilines is 1. The standard InChI is InChI=1S/C17H12FIN2O/c1-10-15(9-11-8-12(18)2-7-16(11)20-10)17(22)21-14-5-3-13(19)4-6-14/h2-9H,1H3,(H,21,22). The molecule has 1 N–H and O–H groups in total. The van der Waals surface area contributed by atoms with Crippen molar-refractivity contribution in [2.24, 2.45) is 0 Å². The van der Waals surface area contributed by atoms with Gasteiger partial charge in [0.1, 0.15) is 5.82 Å². The highest BCUT2D eigenvalue weighted by atomic mass is 127. The van der Waals surface area contributed by atoms with Gasteiger partial charge in [-0.15, -0.1) is 0 Å².